The van der Waals surface area contributed by atoms with Crippen molar-refractivity contribution in [2.75, 3.05) is 12.8 Å². The SMILES string of the molecule is Cn1c(C2CCCN2C(=O)c2cnccn2)nc(C(=O)CCc2ccc(F)cc2S(C)(=O)=O)c(O)c1=O. The molecule has 1 unspecified atom stereocenters. The molecule has 2 aromatic heterocycles. The van der Waals surface area contributed by atoms with Crippen molar-refractivity contribution in [3.63, 3.8) is 0 Å². The lowest BCUT2D eigenvalue weighted by Gasteiger charge is -2.25. The molecule has 1 atom stereocenters. The highest BCUT2D eigenvalue weighted by Gasteiger charge is 2.35. The van der Waals surface area contributed by atoms with Crippen LogP contribution in [0.4, 0.5) is 4.39 Å². The number of aromatic nitrogens is 4. The molecule has 3 heterocycles. The Labute approximate surface area is 211 Å². The number of hydrogen-bond acceptors (Lipinski definition) is 9. The van der Waals surface area contributed by atoms with Crippen LogP contribution in [0.1, 0.15) is 57.7 Å². The van der Waals surface area contributed by atoms with Crippen molar-refractivity contribution in [2.45, 2.75) is 36.6 Å². The third kappa shape index (κ3) is 5.26. The molecular weight excluding hydrogens is 505 g/mol. The highest BCUT2D eigenvalue weighted by Crippen LogP contribution is 2.32. The topological polar surface area (TPSA) is 152 Å². The fourth-order valence-electron chi connectivity index (χ4n) is 4.38. The molecule has 1 fully saturated rings. The van der Waals surface area contributed by atoms with E-state index in [1.165, 1.54) is 36.6 Å². The first-order valence-electron chi connectivity index (χ1n) is 11.4. The molecule has 1 amide bonds. The number of carbonyl (C=O) groups excluding carboxylic acids is 2. The molecule has 1 aliphatic rings. The summed E-state index contributed by atoms with van der Waals surface area (Å²) < 4.78 is 38.8. The van der Waals surface area contributed by atoms with Gasteiger partial charge in [-0.2, -0.15) is 0 Å². The minimum Gasteiger partial charge on any atom is -0.501 e. The van der Waals surface area contributed by atoms with Gasteiger partial charge in [0.05, 0.1) is 17.1 Å². The molecule has 0 radical (unpaired) electrons. The summed E-state index contributed by atoms with van der Waals surface area (Å²) in [5.74, 6) is -2.56. The predicted octanol–water partition coefficient (Wildman–Crippen LogP) is 1.61. The summed E-state index contributed by atoms with van der Waals surface area (Å²) in [6.45, 7) is 0.374. The second-order valence-corrected chi connectivity index (χ2v) is 10.7. The smallest absolute Gasteiger partial charge is 0.296 e. The van der Waals surface area contributed by atoms with E-state index in [0.717, 1.165) is 23.0 Å². The predicted molar refractivity (Wildman–Crippen MR) is 128 cm³/mol. The van der Waals surface area contributed by atoms with Crippen molar-refractivity contribution in [3.05, 3.63) is 75.7 Å². The Hall–Kier alpha value is -4.00. The summed E-state index contributed by atoms with van der Waals surface area (Å²) >= 11 is 0. The van der Waals surface area contributed by atoms with E-state index in [1.807, 2.05) is 0 Å². The second kappa shape index (κ2) is 10.2. The van der Waals surface area contributed by atoms with Crippen molar-refractivity contribution < 1.29 is 27.5 Å². The average Bonchev–Trinajstić information content (AvgIpc) is 3.35. The van der Waals surface area contributed by atoms with Gasteiger partial charge in [0, 0.05) is 38.7 Å². The van der Waals surface area contributed by atoms with Crippen LogP contribution >= 0.6 is 0 Å². The zero-order valence-electron chi connectivity index (χ0n) is 20.1. The number of benzene rings is 1. The molecular formula is C24H24FN5O6S. The number of hydrogen-bond donors (Lipinski definition) is 1. The number of nitrogens with zero attached hydrogens (tertiary/aromatic N) is 5. The number of aromatic hydroxyl groups is 1. The Morgan fingerprint density at radius 2 is 2.00 bits per heavy atom. The van der Waals surface area contributed by atoms with Gasteiger partial charge in [0.1, 0.15) is 17.3 Å². The van der Waals surface area contributed by atoms with Crippen LogP contribution in [0.15, 0.2) is 46.5 Å². The molecule has 4 rings (SSSR count). The maximum atomic E-state index is 13.6. The minimum absolute atomic E-state index is 0.0894. The third-order valence-electron chi connectivity index (χ3n) is 6.21. The van der Waals surface area contributed by atoms with Crippen LogP contribution in [-0.2, 0) is 23.3 Å². The van der Waals surface area contributed by atoms with Gasteiger partial charge < -0.3 is 10.0 Å². The highest BCUT2D eigenvalue weighted by molar-refractivity contribution is 7.90. The van der Waals surface area contributed by atoms with Gasteiger partial charge >= 0.3 is 0 Å². The normalized spacial score (nSPS) is 15.6. The molecule has 37 heavy (non-hydrogen) atoms. The van der Waals surface area contributed by atoms with Gasteiger partial charge in [-0.05, 0) is 37.0 Å². The van der Waals surface area contributed by atoms with Gasteiger partial charge in [-0.3, -0.25) is 23.9 Å². The number of halogens is 1. The van der Waals surface area contributed by atoms with Crippen LogP contribution < -0.4 is 5.56 Å². The Morgan fingerprint density at radius 1 is 1.24 bits per heavy atom. The Bertz CT molecular complexity index is 1540. The van der Waals surface area contributed by atoms with Gasteiger partial charge in [-0.1, -0.05) is 6.07 Å². The van der Waals surface area contributed by atoms with Crippen molar-refractivity contribution in [2.24, 2.45) is 7.05 Å². The summed E-state index contributed by atoms with van der Waals surface area (Å²) in [6, 6.07) is 2.59. The standard InChI is InChI=1S/C24H24FN5O6S/c1-29-22(17-4-3-11-30(17)23(33)16-13-26-9-10-27-16)28-20(21(32)24(29)34)18(31)8-6-14-5-7-15(25)12-19(14)37(2,35)36/h5,7,9-10,12-13,17,32H,3-4,6,8,11H2,1-2H3. The van der Waals surface area contributed by atoms with E-state index in [1.54, 1.807) is 0 Å². The Kier molecular flexibility index (Phi) is 7.16. The number of carbonyl (C=O) groups is 2. The summed E-state index contributed by atoms with van der Waals surface area (Å²) in [7, 11) is -2.37. The van der Waals surface area contributed by atoms with Crippen molar-refractivity contribution in [3.8, 4) is 5.75 Å². The molecule has 3 aromatic rings. The van der Waals surface area contributed by atoms with Crippen molar-refractivity contribution in [1.29, 1.82) is 0 Å². The van der Waals surface area contributed by atoms with Crippen molar-refractivity contribution in [1.82, 2.24) is 24.4 Å². The van der Waals surface area contributed by atoms with E-state index in [4.69, 9.17) is 0 Å². The minimum atomic E-state index is -3.76. The molecule has 1 N–H and O–H groups in total. The van der Waals surface area contributed by atoms with Crippen LogP contribution in [0.2, 0.25) is 0 Å². The number of amides is 1. The number of rotatable bonds is 7. The first kappa shape index (κ1) is 26.1. The van der Waals surface area contributed by atoms with E-state index >= 15 is 0 Å². The fourth-order valence-corrected chi connectivity index (χ4v) is 5.35. The average molecular weight is 530 g/mol. The second-order valence-electron chi connectivity index (χ2n) is 8.73. The van der Waals surface area contributed by atoms with Crippen LogP contribution in [0.5, 0.6) is 5.75 Å². The fraction of sp³-hybridized carbons (Fsp3) is 0.333. The number of Topliss-reactive ketones (excluding diaryl/α,β-unsaturated/α-hetero) is 1. The first-order chi connectivity index (χ1) is 17.5. The van der Waals surface area contributed by atoms with Gasteiger partial charge in [-0.15, -0.1) is 0 Å². The van der Waals surface area contributed by atoms with Gasteiger partial charge in [0.25, 0.3) is 11.5 Å². The van der Waals surface area contributed by atoms with Crippen LogP contribution in [-0.4, -0.2) is 62.4 Å². The lowest BCUT2D eigenvalue weighted by Crippen LogP contribution is -2.36. The molecule has 1 aromatic carbocycles. The van der Waals surface area contributed by atoms with E-state index in [-0.39, 0.29) is 34.8 Å². The number of likely N-dealkylation sites (tertiary alicyclic amines) is 1. The molecule has 1 aliphatic heterocycles. The Balaban J connectivity index is 1.64. The van der Waals surface area contributed by atoms with Crippen LogP contribution in [0.25, 0.3) is 0 Å². The summed E-state index contributed by atoms with van der Waals surface area (Å²) in [4.78, 5) is 52.3. The summed E-state index contributed by atoms with van der Waals surface area (Å²) in [5.41, 5.74) is -0.988. The number of aryl methyl sites for hydroxylation is 1. The maximum absolute atomic E-state index is 13.6. The maximum Gasteiger partial charge on any atom is 0.296 e. The van der Waals surface area contributed by atoms with Crippen molar-refractivity contribution >= 4 is 21.5 Å². The molecule has 1 saturated heterocycles. The molecule has 11 nitrogen and oxygen atoms in total. The third-order valence-corrected chi connectivity index (χ3v) is 7.39. The van der Waals surface area contributed by atoms with E-state index in [0.29, 0.717) is 19.4 Å². The van der Waals surface area contributed by atoms with Crippen LogP contribution in [0, 0.1) is 5.82 Å². The zero-order chi connectivity index (χ0) is 26.9. The van der Waals surface area contributed by atoms with Gasteiger partial charge in [-0.25, -0.2) is 22.8 Å². The zero-order valence-corrected chi connectivity index (χ0v) is 20.9. The lowest BCUT2D eigenvalue weighted by atomic mass is 10.0. The highest BCUT2D eigenvalue weighted by atomic mass is 32.2. The quantitative estimate of drug-likeness (QED) is 0.450. The molecule has 194 valence electrons. The molecule has 0 spiro atoms. The Morgan fingerprint density at radius 3 is 2.68 bits per heavy atom. The lowest BCUT2D eigenvalue weighted by molar-refractivity contribution is 0.0720. The van der Waals surface area contributed by atoms with E-state index in [2.05, 4.69) is 15.0 Å². The largest absolute Gasteiger partial charge is 0.501 e. The monoisotopic (exact) mass is 529 g/mol. The van der Waals surface area contributed by atoms with Gasteiger partial charge in [0.15, 0.2) is 21.3 Å². The van der Waals surface area contributed by atoms with E-state index < -0.39 is 50.4 Å². The molecule has 0 aliphatic carbocycles. The number of ketones is 1. The summed E-state index contributed by atoms with van der Waals surface area (Å²) in [6.07, 6.45) is 5.79. The molecule has 13 heteroatoms. The number of sulfone groups is 1. The molecule has 0 saturated carbocycles. The van der Waals surface area contributed by atoms with E-state index in [9.17, 15) is 32.3 Å². The molecule has 0 bridgehead atoms. The first-order valence-corrected chi connectivity index (χ1v) is 13.3. The van der Waals surface area contributed by atoms with Gasteiger partial charge in [0.2, 0.25) is 5.75 Å². The van der Waals surface area contributed by atoms with Crippen LogP contribution in [0.3, 0.4) is 0 Å². The summed E-state index contributed by atoms with van der Waals surface area (Å²) in [5, 5.41) is 10.4.